The topological polar surface area (TPSA) is 91.3 Å². The molecule has 0 amide bonds. The summed E-state index contributed by atoms with van der Waals surface area (Å²) in [6.07, 6.45) is 0. The average molecular weight is 408 g/mol. The molecule has 0 radical (unpaired) electrons. The van der Waals surface area contributed by atoms with Crippen LogP contribution in [0.3, 0.4) is 0 Å². The predicted molar refractivity (Wildman–Crippen MR) is 109 cm³/mol. The van der Waals surface area contributed by atoms with E-state index < -0.39 is 11.6 Å². The van der Waals surface area contributed by atoms with Crippen LogP contribution in [-0.2, 0) is 9.47 Å². The van der Waals surface area contributed by atoms with Crippen LogP contribution in [0.2, 0.25) is 0 Å². The molecule has 1 aliphatic rings. The smallest absolute Gasteiger partial charge is 0.199 e. The first-order valence-corrected chi connectivity index (χ1v) is 9.24. The number of rotatable bonds is 6. The van der Waals surface area contributed by atoms with E-state index >= 15 is 0 Å². The summed E-state index contributed by atoms with van der Waals surface area (Å²) in [5.74, 6) is -0.468. The summed E-state index contributed by atoms with van der Waals surface area (Å²) < 4.78 is 21.0. The minimum atomic E-state index is -0.432. The highest BCUT2D eigenvalue weighted by atomic mass is 16.7. The summed E-state index contributed by atoms with van der Waals surface area (Å²) in [5.41, 5.74) is 1.36. The van der Waals surface area contributed by atoms with Gasteiger partial charge in [0.25, 0.3) is 0 Å². The maximum atomic E-state index is 13.6. The highest BCUT2D eigenvalue weighted by Gasteiger charge is 2.37. The van der Waals surface area contributed by atoms with E-state index in [0.29, 0.717) is 10.8 Å². The molecular weight excluding hydrogens is 388 g/mol. The molecule has 0 aliphatic heterocycles. The Morgan fingerprint density at radius 3 is 2.00 bits per heavy atom. The molecule has 0 saturated carbocycles. The Labute approximate surface area is 172 Å². The molecule has 0 aromatic heterocycles. The minimum absolute atomic E-state index is 0.0578. The molecule has 0 saturated heterocycles. The Morgan fingerprint density at radius 1 is 0.800 bits per heavy atom. The molecule has 0 spiro atoms. The number of fused-ring (bicyclic) bond motifs is 4. The van der Waals surface area contributed by atoms with Crippen LogP contribution in [0, 0.1) is 6.92 Å². The SMILES string of the molecule is COCOc1ccc(OCOC)c2c1C(=O)c1ccc3cc(C)cc(O)c3c1C2=O. The fourth-order valence-electron chi connectivity index (χ4n) is 3.78. The van der Waals surface area contributed by atoms with Crippen LogP contribution < -0.4 is 9.47 Å². The summed E-state index contributed by atoms with van der Waals surface area (Å²) in [4.78, 5) is 27.1. The van der Waals surface area contributed by atoms with E-state index in [1.165, 1.54) is 14.2 Å². The lowest BCUT2D eigenvalue weighted by Crippen LogP contribution is -2.24. The van der Waals surface area contributed by atoms with E-state index in [0.717, 1.165) is 5.56 Å². The lowest BCUT2D eigenvalue weighted by Gasteiger charge is -2.24. The third-order valence-corrected chi connectivity index (χ3v) is 4.96. The van der Waals surface area contributed by atoms with E-state index in [2.05, 4.69) is 0 Å². The van der Waals surface area contributed by atoms with E-state index in [4.69, 9.17) is 18.9 Å². The molecule has 0 heterocycles. The molecule has 154 valence electrons. The molecule has 0 fully saturated rings. The number of ether oxygens (including phenoxy) is 4. The quantitative estimate of drug-likeness (QED) is 0.488. The van der Waals surface area contributed by atoms with Gasteiger partial charge in [0.2, 0.25) is 0 Å². The second-order valence-electron chi connectivity index (χ2n) is 6.94. The number of hydrogen-bond acceptors (Lipinski definition) is 7. The number of benzene rings is 3. The monoisotopic (exact) mass is 408 g/mol. The number of aryl methyl sites for hydroxylation is 1. The van der Waals surface area contributed by atoms with Crippen molar-refractivity contribution in [3.8, 4) is 17.2 Å². The standard InChI is InChI=1S/C23H20O7/c1-12-8-13-4-5-14-19(18(13)15(24)9-12)23(26)21-17(30-11-28-3)7-6-16(29-10-27-2)20(21)22(14)25/h4-9,24H,10-11H2,1-3H3. The third-order valence-electron chi connectivity index (χ3n) is 4.96. The van der Waals surface area contributed by atoms with Gasteiger partial charge in [-0.15, -0.1) is 0 Å². The van der Waals surface area contributed by atoms with Crippen molar-refractivity contribution in [2.24, 2.45) is 0 Å². The molecule has 1 N–H and O–H groups in total. The van der Waals surface area contributed by atoms with Gasteiger partial charge in [-0.1, -0.05) is 12.1 Å². The molecule has 1 aliphatic carbocycles. The Hall–Kier alpha value is -3.42. The number of carbonyl (C=O) groups is 2. The lowest BCUT2D eigenvalue weighted by atomic mass is 9.80. The van der Waals surface area contributed by atoms with Gasteiger partial charge >= 0.3 is 0 Å². The highest BCUT2D eigenvalue weighted by molar-refractivity contribution is 6.34. The van der Waals surface area contributed by atoms with Gasteiger partial charge in [-0.05, 0) is 42.1 Å². The average Bonchev–Trinajstić information content (AvgIpc) is 2.73. The minimum Gasteiger partial charge on any atom is -0.507 e. The zero-order valence-electron chi connectivity index (χ0n) is 16.8. The molecule has 0 atom stereocenters. The van der Waals surface area contributed by atoms with Gasteiger partial charge in [0.1, 0.15) is 17.2 Å². The van der Waals surface area contributed by atoms with Gasteiger partial charge in [0, 0.05) is 30.7 Å². The van der Waals surface area contributed by atoms with Gasteiger partial charge in [-0.2, -0.15) is 0 Å². The third kappa shape index (κ3) is 3.08. The molecular formula is C23H20O7. The number of phenolic OH excluding ortho intramolecular Hbond substituents is 1. The molecule has 0 unspecified atom stereocenters. The summed E-state index contributed by atoms with van der Waals surface area (Å²) in [5, 5.41) is 11.6. The Morgan fingerprint density at radius 2 is 1.40 bits per heavy atom. The number of carbonyl (C=O) groups excluding carboxylic acids is 2. The second kappa shape index (κ2) is 7.78. The first-order chi connectivity index (χ1) is 14.5. The first kappa shape index (κ1) is 19.9. The van der Waals surface area contributed by atoms with Crippen LogP contribution in [0.1, 0.15) is 37.4 Å². The molecule has 7 nitrogen and oxygen atoms in total. The van der Waals surface area contributed by atoms with Gasteiger partial charge < -0.3 is 24.1 Å². The summed E-state index contributed by atoms with van der Waals surface area (Å²) in [6, 6.07) is 9.84. The van der Waals surface area contributed by atoms with E-state index in [1.54, 1.807) is 30.3 Å². The van der Waals surface area contributed by atoms with Gasteiger partial charge in [-0.3, -0.25) is 9.59 Å². The fourth-order valence-corrected chi connectivity index (χ4v) is 3.78. The zero-order valence-corrected chi connectivity index (χ0v) is 16.8. The maximum absolute atomic E-state index is 13.6. The van der Waals surface area contributed by atoms with Gasteiger partial charge in [-0.25, -0.2) is 0 Å². The van der Waals surface area contributed by atoms with Crippen molar-refractivity contribution < 1.29 is 33.6 Å². The number of hydrogen-bond donors (Lipinski definition) is 1. The summed E-state index contributed by atoms with van der Waals surface area (Å²) in [7, 11) is 2.92. The molecule has 3 aromatic rings. The Bertz CT molecular complexity index is 1180. The Kier molecular flexibility index (Phi) is 5.15. The van der Waals surface area contributed by atoms with Crippen molar-refractivity contribution in [3.05, 3.63) is 64.2 Å². The first-order valence-electron chi connectivity index (χ1n) is 9.24. The number of ketones is 2. The normalized spacial score (nSPS) is 12.6. The zero-order chi connectivity index (χ0) is 21.4. The Balaban J connectivity index is 2.01. The summed E-state index contributed by atoms with van der Waals surface area (Å²) in [6.45, 7) is 1.66. The van der Waals surface area contributed by atoms with Crippen LogP contribution in [0.25, 0.3) is 10.8 Å². The van der Waals surface area contributed by atoms with E-state index in [9.17, 15) is 14.7 Å². The van der Waals surface area contributed by atoms with Crippen molar-refractivity contribution in [1.82, 2.24) is 0 Å². The van der Waals surface area contributed by atoms with E-state index in [1.807, 2.05) is 13.0 Å². The van der Waals surface area contributed by atoms with Crippen molar-refractivity contribution in [2.75, 3.05) is 27.8 Å². The molecule has 7 heteroatoms. The molecule has 30 heavy (non-hydrogen) atoms. The maximum Gasteiger partial charge on any atom is 0.199 e. The number of phenols is 1. The lowest BCUT2D eigenvalue weighted by molar-refractivity contribution is 0.0468. The van der Waals surface area contributed by atoms with Crippen LogP contribution in [0.15, 0.2) is 36.4 Å². The number of aromatic hydroxyl groups is 1. The molecule has 4 rings (SSSR count). The largest absolute Gasteiger partial charge is 0.507 e. The van der Waals surface area contributed by atoms with Crippen LogP contribution in [0.4, 0.5) is 0 Å². The van der Waals surface area contributed by atoms with Crippen molar-refractivity contribution in [1.29, 1.82) is 0 Å². The fraction of sp³-hybridized carbons (Fsp3) is 0.217. The highest BCUT2D eigenvalue weighted by Crippen LogP contribution is 2.42. The van der Waals surface area contributed by atoms with E-state index in [-0.39, 0.29) is 53.1 Å². The van der Waals surface area contributed by atoms with Crippen molar-refractivity contribution in [3.63, 3.8) is 0 Å². The number of methoxy groups -OCH3 is 2. The summed E-state index contributed by atoms with van der Waals surface area (Å²) >= 11 is 0. The molecule has 3 aromatic carbocycles. The molecule has 0 bridgehead atoms. The predicted octanol–water partition coefficient (Wildman–Crippen LogP) is 3.59. The van der Waals surface area contributed by atoms with Gasteiger partial charge in [0.05, 0.1) is 11.1 Å². The van der Waals surface area contributed by atoms with Crippen LogP contribution >= 0.6 is 0 Å². The van der Waals surface area contributed by atoms with Crippen LogP contribution in [-0.4, -0.2) is 44.5 Å². The van der Waals surface area contributed by atoms with Crippen molar-refractivity contribution in [2.45, 2.75) is 6.92 Å². The second-order valence-corrected chi connectivity index (χ2v) is 6.94. The van der Waals surface area contributed by atoms with Crippen LogP contribution in [0.5, 0.6) is 17.2 Å². The van der Waals surface area contributed by atoms with Gasteiger partial charge in [0.15, 0.2) is 25.2 Å². The van der Waals surface area contributed by atoms with Crippen molar-refractivity contribution >= 4 is 22.3 Å².